The number of carbonyl (C=O) groups excluding carboxylic acids is 2. The second-order valence-corrected chi connectivity index (χ2v) is 8.77. The number of aryl methyl sites for hydroxylation is 1. The molecule has 0 spiro atoms. The molecule has 2 aliphatic heterocycles. The van der Waals surface area contributed by atoms with E-state index in [9.17, 15) is 9.59 Å². The number of anilines is 1. The van der Waals surface area contributed by atoms with Crippen LogP contribution in [0.4, 0.5) is 5.13 Å². The van der Waals surface area contributed by atoms with Crippen molar-refractivity contribution < 1.29 is 14.3 Å². The van der Waals surface area contributed by atoms with Gasteiger partial charge in [-0.2, -0.15) is 5.10 Å². The monoisotopic (exact) mass is 506 g/mol. The van der Waals surface area contributed by atoms with Crippen LogP contribution in [0.15, 0.2) is 53.9 Å². The Morgan fingerprint density at radius 2 is 1.89 bits per heavy atom. The van der Waals surface area contributed by atoms with E-state index in [0.29, 0.717) is 54.1 Å². The number of hydrogen-bond acceptors (Lipinski definition) is 7. The van der Waals surface area contributed by atoms with Crippen LogP contribution in [0, 0.1) is 6.92 Å². The van der Waals surface area contributed by atoms with Crippen LogP contribution >= 0.6 is 11.3 Å². The van der Waals surface area contributed by atoms with Crippen LogP contribution in [0.3, 0.4) is 0 Å². The molecule has 2 amide bonds. The topological polar surface area (TPSA) is 101 Å². The van der Waals surface area contributed by atoms with Gasteiger partial charge in [-0.15, -0.1) is 11.3 Å². The number of rotatable bonds is 5. The summed E-state index contributed by atoms with van der Waals surface area (Å²) in [6.07, 6.45) is 5.95. The third-order valence-corrected chi connectivity index (χ3v) is 6.29. The van der Waals surface area contributed by atoms with E-state index >= 15 is 0 Å². The maximum absolute atomic E-state index is 13.1. The highest BCUT2D eigenvalue weighted by atomic mass is 32.1. The van der Waals surface area contributed by atoms with Gasteiger partial charge in [0.25, 0.3) is 11.8 Å². The SMILES string of the molecule is CC.Cc1cc(C(=O)Nc2nc(C3=CC=CCN3)cs2)n(-c2ccc(C(=O)N3CCOCC3)cc2)n1. The Hall–Kier alpha value is -3.76. The van der Waals surface area contributed by atoms with Crippen LogP contribution in [-0.2, 0) is 4.74 Å². The van der Waals surface area contributed by atoms with E-state index in [2.05, 4.69) is 20.7 Å². The van der Waals surface area contributed by atoms with Gasteiger partial charge in [0.2, 0.25) is 0 Å². The lowest BCUT2D eigenvalue weighted by molar-refractivity contribution is 0.0303. The summed E-state index contributed by atoms with van der Waals surface area (Å²) in [6.45, 7) is 8.87. The summed E-state index contributed by atoms with van der Waals surface area (Å²) < 4.78 is 6.90. The van der Waals surface area contributed by atoms with Crippen molar-refractivity contribution in [3.8, 4) is 5.69 Å². The first-order chi connectivity index (χ1) is 17.6. The number of nitrogens with zero attached hydrogens (tertiary/aromatic N) is 4. The lowest BCUT2D eigenvalue weighted by atomic mass is 10.1. The molecule has 2 aliphatic rings. The van der Waals surface area contributed by atoms with Crippen molar-refractivity contribution in [1.29, 1.82) is 0 Å². The van der Waals surface area contributed by atoms with Gasteiger partial charge in [0.15, 0.2) is 5.13 Å². The Labute approximate surface area is 214 Å². The van der Waals surface area contributed by atoms with Crippen LogP contribution in [0.2, 0.25) is 0 Å². The summed E-state index contributed by atoms with van der Waals surface area (Å²) in [6, 6.07) is 8.85. The van der Waals surface area contributed by atoms with E-state index in [1.54, 1.807) is 39.9 Å². The first kappa shape index (κ1) is 25.3. The Morgan fingerprint density at radius 1 is 1.14 bits per heavy atom. The normalized spacial score (nSPS) is 14.9. The minimum Gasteiger partial charge on any atom is -0.380 e. The second kappa shape index (κ2) is 11.8. The van der Waals surface area contributed by atoms with Gasteiger partial charge in [0.05, 0.1) is 36.0 Å². The van der Waals surface area contributed by atoms with E-state index in [1.165, 1.54) is 11.3 Å². The van der Waals surface area contributed by atoms with E-state index < -0.39 is 0 Å². The number of ether oxygens (including phenoxy) is 1. The maximum Gasteiger partial charge on any atom is 0.276 e. The number of nitrogens with one attached hydrogen (secondary N) is 2. The highest BCUT2D eigenvalue weighted by Gasteiger charge is 2.20. The Bertz CT molecular complexity index is 1270. The lowest BCUT2D eigenvalue weighted by Gasteiger charge is -2.26. The van der Waals surface area contributed by atoms with Crippen molar-refractivity contribution in [2.75, 3.05) is 38.2 Å². The van der Waals surface area contributed by atoms with Crippen molar-refractivity contribution in [1.82, 2.24) is 25.0 Å². The van der Waals surface area contributed by atoms with Crippen molar-refractivity contribution in [3.05, 3.63) is 76.6 Å². The zero-order valence-corrected chi connectivity index (χ0v) is 21.5. The maximum atomic E-state index is 13.1. The summed E-state index contributed by atoms with van der Waals surface area (Å²) in [7, 11) is 0. The summed E-state index contributed by atoms with van der Waals surface area (Å²) >= 11 is 1.36. The number of thiazole rings is 1. The molecule has 0 aliphatic carbocycles. The highest BCUT2D eigenvalue weighted by Crippen LogP contribution is 2.23. The molecule has 9 nitrogen and oxygen atoms in total. The number of morpholine rings is 1. The number of allylic oxidation sites excluding steroid dienone is 2. The van der Waals surface area contributed by atoms with Gasteiger partial charge in [-0.3, -0.25) is 14.9 Å². The molecule has 2 N–H and O–H groups in total. The molecule has 4 heterocycles. The minimum absolute atomic E-state index is 0.0258. The Morgan fingerprint density at radius 3 is 2.58 bits per heavy atom. The molecule has 188 valence electrons. The standard InChI is InChI=1S/C24H24N6O3S.C2H6/c1-16-14-21(22(31)27-24-26-20(15-34-24)19-4-2-3-9-25-19)30(28-16)18-7-5-17(6-8-18)23(32)29-10-12-33-13-11-29;1-2/h2-8,14-15,25H,9-13H2,1H3,(H,26,27,31);1-2H3. The quantitative estimate of drug-likeness (QED) is 0.545. The van der Waals surface area contributed by atoms with Crippen LogP contribution < -0.4 is 10.6 Å². The number of amides is 2. The van der Waals surface area contributed by atoms with Gasteiger partial charge in [0, 0.05) is 30.6 Å². The zero-order valence-electron chi connectivity index (χ0n) is 20.7. The summed E-state index contributed by atoms with van der Waals surface area (Å²) in [4.78, 5) is 32.1. The summed E-state index contributed by atoms with van der Waals surface area (Å²) in [5, 5.41) is 13.0. The van der Waals surface area contributed by atoms with Gasteiger partial charge in [-0.25, -0.2) is 9.67 Å². The smallest absolute Gasteiger partial charge is 0.276 e. The molecule has 2 aromatic heterocycles. The number of hydrogen-bond donors (Lipinski definition) is 2. The van der Waals surface area contributed by atoms with Gasteiger partial charge >= 0.3 is 0 Å². The van der Waals surface area contributed by atoms with E-state index in [1.807, 2.05) is 44.4 Å². The average Bonchev–Trinajstić information content (AvgIpc) is 3.57. The molecule has 0 bridgehead atoms. The van der Waals surface area contributed by atoms with Crippen molar-refractivity contribution >= 4 is 34.0 Å². The van der Waals surface area contributed by atoms with Crippen molar-refractivity contribution in [3.63, 3.8) is 0 Å². The average molecular weight is 507 g/mol. The fourth-order valence-corrected chi connectivity index (χ4v) is 4.51. The zero-order chi connectivity index (χ0) is 25.5. The molecule has 0 saturated carbocycles. The number of benzene rings is 1. The molecular weight excluding hydrogens is 476 g/mol. The largest absolute Gasteiger partial charge is 0.380 e. The van der Waals surface area contributed by atoms with Crippen molar-refractivity contribution in [2.45, 2.75) is 20.8 Å². The number of aromatic nitrogens is 3. The molecule has 10 heteroatoms. The van der Waals surface area contributed by atoms with Crippen LogP contribution in [0.25, 0.3) is 11.4 Å². The second-order valence-electron chi connectivity index (χ2n) is 7.92. The van der Waals surface area contributed by atoms with Crippen molar-refractivity contribution in [2.24, 2.45) is 0 Å². The van der Waals surface area contributed by atoms with Crippen LogP contribution in [0.1, 0.15) is 46.1 Å². The fraction of sp³-hybridized carbons (Fsp3) is 0.308. The van der Waals surface area contributed by atoms with Gasteiger partial charge in [-0.05, 0) is 43.3 Å². The Balaban J connectivity index is 0.00000148. The number of dihydropyridines is 1. The summed E-state index contributed by atoms with van der Waals surface area (Å²) in [5.41, 5.74) is 4.10. The fourth-order valence-electron chi connectivity index (χ4n) is 3.80. The minimum atomic E-state index is -0.305. The molecular formula is C26H30N6O3S. The first-order valence-electron chi connectivity index (χ1n) is 12.0. The highest BCUT2D eigenvalue weighted by molar-refractivity contribution is 7.14. The molecule has 5 rings (SSSR count). The van der Waals surface area contributed by atoms with E-state index in [4.69, 9.17) is 4.74 Å². The Kier molecular flexibility index (Phi) is 8.29. The van der Waals surface area contributed by atoms with E-state index in [0.717, 1.165) is 17.9 Å². The molecule has 1 saturated heterocycles. The molecule has 0 unspecified atom stereocenters. The number of carbonyl (C=O) groups is 2. The molecule has 36 heavy (non-hydrogen) atoms. The van der Waals surface area contributed by atoms with Crippen LogP contribution in [-0.4, -0.2) is 64.3 Å². The molecule has 0 radical (unpaired) electrons. The van der Waals surface area contributed by atoms with Crippen LogP contribution in [0.5, 0.6) is 0 Å². The third-order valence-electron chi connectivity index (χ3n) is 5.53. The summed E-state index contributed by atoms with van der Waals surface area (Å²) in [5.74, 6) is -0.331. The molecule has 0 atom stereocenters. The van der Waals surface area contributed by atoms with Gasteiger partial charge in [0.1, 0.15) is 5.69 Å². The predicted molar refractivity (Wildman–Crippen MR) is 142 cm³/mol. The predicted octanol–water partition coefficient (Wildman–Crippen LogP) is 3.89. The third kappa shape index (κ3) is 5.72. The molecule has 1 aromatic carbocycles. The molecule has 3 aromatic rings. The molecule has 1 fully saturated rings. The lowest BCUT2D eigenvalue weighted by Crippen LogP contribution is -2.40. The van der Waals surface area contributed by atoms with Gasteiger partial charge < -0.3 is 15.0 Å². The first-order valence-corrected chi connectivity index (χ1v) is 12.9. The van der Waals surface area contributed by atoms with Gasteiger partial charge in [-0.1, -0.05) is 26.0 Å². The van der Waals surface area contributed by atoms with E-state index in [-0.39, 0.29) is 11.8 Å².